The average molecular weight is 432 g/mol. The van der Waals surface area contributed by atoms with Crippen LogP contribution in [0.15, 0.2) is 48.7 Å². The molecule has 1 aromatic carbocycles. The minimum absolute atomic E-state index is 0.0612. The van der Waals surface area contributed by atoms with E-state index in [0.717, 1.165) is 38.3 Å². The summed E-state index contributed by atoms with van der Waals surface area (Å²) in [6.07, 6.45) is -1.21. The van der Waals surface area contributed by atoms with Crippen LogP contribution in [0.2, 0.25) is 0 Å². The van der Waals surface area contributed by atoms with Crippen LogP contribution in [0, 0.1) is 5.92 Å². The molecule has 3 heterocycles. The van der Waals surface area contributed by atoms with Gasteiger partial charge in [-0.15, -0.1) is 0 Å². The highest BCUT2D eigenvalue weighted by atomic mass is 19.4. The summed E-state index contributed by atoms with van der Waals surface area (Å²) in [4.78, 5) is 21.0. The highest BCUT2D eigenvalue weighted by Crippen LogP contribution is 2.30. The molecule has 0 aliphatic carbocycles. The predicted molar refractivity (Wildman–Crippen MR) is 112 cm³/mol. The smallest absolute Gasteiger partial charge is 0.357 e. The molecule has 1 atom stereocenters. The number of likely N-dealkylation sites (tertiary alicyclic amines) is 1. The van der Waals surface area contributed by atoms with E-state index in [0.29, 0.717) is 31.7 Å². The Morgan fingerprint density at radius 1 is 1.03 bits per heavy atom. The summed E-state index contributed by atoms with van der Waals surface area (Å²) in [7, 11) is 0. The van der Waals surface area contributed by atoms with Gasteiger partial charge < -0.3 is 10.2 Å². The molecule has 0 spiro atoms. The number of piperidine rings is 1. The minimum Gasteiger partial charge on any atom is -0.357 e. The first kappa shape index (κ1) is 21.6. The number of anilines is 1. The number of carbonyl (C=O) groups is 1. The topological polar surface area (TPSA) is 48.5 Å². The average Bonchev–Trinajstić information content (AvgIpc) is 3.20. The maximum absolute atomic E-state index is 12.7. The van der Waals surface area contributed by atoms with Crippen molar-refractivity contribution < 1.29 is 18.0 Å². The number of hydrogen-bond donors (Lipinski definition) is 1. The van der Waals surface area contributed by atoms with E-state index in [-0.39, 0.29) is 17.9 Å². The van der Waals surface area contributed by atoms with Crippen LogP contribution in [-0.2, 0) is 17.5 Å². The maximum Gasteiger partial charge on any atom is 0.417 e. The number of halogens is 3. The van der Waals surface area contributed by atoms with Gasteiger partial charge in [0.15, 0.2) is 0 Å². The van der Waals surface area contributed by atoms with Gasteiger partial charge in [-0.25, -0.2) is 4.98 Å². The normalized spacial score (nSPS) is 20.7. The third kappa shape index (κ3) is 5.55. The van der Waals surface area contributed by atoms with Gasteiger partial charge in [-0.3, -0.25) is 9.69 Å². The lowest BCUT2D eigenvalue weighted by Crippen LogP contribution is -2.44. The van der Waals surface area contributed by atoms with Crippen molar-refractivity contribution in [2.24, 2.45) is 5.92 Å². The van der Waals surface area contributed by atoms with Gasteiger partial charge in [0.25, 0.3) is 0 Å². The largest absolute Gasteiger partial charge is 0.417 e. The van der Waals surface area contributed by atoms with Crippen LogP contribution in [0.5, 0.6) is 0 Å². The standard InChI is InChI=1S/C23H27F3N4O/c24-23(25,26)19-6-7-21(27-14-19)30-12-8-18(9-13-30)22(31)28-20-10-11-29(16-20)15-17-4-2-1-3-5-17/h1-7,14,18,20H,8-13,15-16H2,(H,28,31)/t20-/m1/s1. The van der Waals surface area contributed by atoms with Crippen LogP contribution >= 0.6 is 0 Å². The van der Waals surface area contributed by atoms with E-state index in [1.165, 1.54) is 11.6 Å². The number of benzene rings is 1. The monoisotopic (exact) mass is 432 g/mol. The van der Waals surface area contributed by atoms with E-state index in [1.807, 2.05) is 23.1 Å². The Morgan fingerprint density at radius 2 is 1.77 bits per heavy atom. The summed E-state index contributed by atoms with van der Waals surface area (Å²) >= 11 is 0. The van der Waals surface area contributed by atoms with Crippen molar-refractivity contribution in [3.8, 4) is 0 Å². The second-order valence-corrected chi connectivity index (χ2v) is 8.38. The summed E-state index contributed by atoms with van der Waals surface area (Å²) in [6, 6.07) is 13.0. The van der Waals surface area contributed by atoms with Gasteiger partial charge in [-0.05, 0) is 37.0 Å². The fraction of sp³-hybridized carbons (Fsp3) is 0.478. The highest BCUT2D eigenvalue weighted by Gasteiger charge is 2.32. The van der Waals surface area contributed by atoms with Crippen LogP contribution in [0.25, 0.3) is 0 Å². The molecule has 4 rings (SSSR count). The molecule has 166 valence electrons. The van der Waals surface area contributed by atoms with Gasteiger partial charge in [0, 0.05) is 50.9 Å². The van der Waals surface area contributed by atoms with Crippen molar-refractivity contribution in [1.29, 1.82) is 0 Å². The fourth-order valence-electron chi connectivity index (χ4n) is 4.37. The van der Waals surface area contributed by atoms with E-state index in [1.54, 1.807) is 0 Å². The Morgan fingerprint density at radius 3 is 2.42 bits per heavy atom. The molecule has 0 unspecified atom stereocenters. The summed E-state index contributed by atoms with van der Waals surface area (Å²) < 4.78 is 38.1. The lowest BCUT2D eigenvalue weighted by atomic mass is 9.95. The van der Waals surface area contributed by atoms with Crippen molar-refractivity contribution >= 4 is 11.7 Å². The molecule has 2 fully saturated rings. The Hall–Kier alpha value is -2.61. The first-order valence-electron chi connectivity index (χ1n) is 10.7. The molecular formula is C23H27F3N4O. The lowest BCUT2D eigenvalue weighted by Gasteiger charge is -2.32. The Balaban J connectivity index is 1.22. The third-order valence-electron chi connectivity index (χ3n) is 6.13. The quantitative estimate of drug-likeness (QED) is 0.783. The molecule has 31 heavy (non-hydrogen) atoms. The van der Waals surface area contributed by atoms with Gasteiger partial charge >= 0.3 is 6.18 Å². The molecule has 0 radical (unpaired) electrons. The summed E-state index contributed by atoms with van der Waals surface area (Å²) in [5, 5.41) is 3.20. The number of nitrogens with zero attached hydrogens (tertiary/aromatic N) is 3. The molecule has 2 aliphatic heterocycles. The number of carbonyl (C=O) groups excluding carboxylic acids is 1. The number of pyridine rings is 1. The van der Waals surface area contributed by atoms with Gasteiger partial charge in [0.1, 0.15) is 5.82 Å². The number of hydrogen-bond acceptors (Lipinski definition) is 4. The molecule has 8 heteroatoms. The molecule has 0 bridgehead atoms. The molecule has 2 aliphatic rings. The van der Waals surface area contributed by atoms with Gasteiger partial charge in [0.2, 0.25) is 5.91 Å². The zero-order valence-electron chi connectivity index (χ0n) is 17.3. The molecule has 0 saturated carbocycles. The SMILES string of the molecule is O=C(N[C@@H]1CCN(Cc2ccccc2)C1)C1CCN(c2ccc(C(F)(F)F)cn2)CC1. The van der Waals surface area contributed by atoms with Crippen LogP contribution in [0.3, 0.4) is 0 Å². The van der Waals surface area contributed by atoms with Gasteiger partial charge in [0.05, 0.1) is 5.56 Å². The summed E-state index contributed by atoms with van der Waals surface area (Å²) in [5.41, 5.74) is 0.530. The van der Waals surface area contributed by atoms with Crippen LogP contribution in [0.4, 0.5) is 19.0 Å². The maximum atomic E-state index is 12.7. The highest BCUT2D eigenvalue weighted by molar-refractivity contribution is 5.79. The van der Waals surface area contributed by atoms with Crippen molar-refractivity contribution in [2.75, 3.05) is 31.1 Å². The van der Waals surface area contributed by atoms with Crippen molar-refractivity contribution in [3.05, 3.63) is 59.8 Å². The second-order valence-electron chi connectivity index (χ2n) is 8.38. The molecule has 1 N–H and O–H groups in total. The number of nitrogens with one attached hydrogen (secondary N) is 1. The Kier molecular flexibility index (Phi) is 6.46. The van der Waals surface area contributed by atoms with Gasteiger partial charge in [-0.2, -0.15) is 13.2 Å². The molecule has 2 saturated heterocycles. The van der Waals surface area contributed by atoms with E-state index in [9.17, 15) is 18.0 Å². The van der Waals surface area contributed by atoms with E-state index >= 15 is 0 Å². The lowest BCUT2D eigenvalue weighted by molar-refractivity contribution is -0.137. The molecule has 1 amide bonds. The second kappa shape index (κ2) is 9.26. The summed E-state index contributed by atoms with van der Waals surface area (Å²) in [6.45, 7) is 3.95. The molecule has 1 aromatic heterocycles. The molecule has 2 aromatic rings. The zero-order valence-corrected chi connectivity index (χ0v) is 17.3. The fourth-order valence-corrected chi connectivity index (χ4v) is 4.37. The molecular weight excluding hydrogens is 405 g/mol. The van der Waals surface area contributed by atoms with Crippen molar-refractivity contribution in [1.82, 2.24) is 15.2 Å². The number of alkyl halides is 3. The number of amides is 1. The zero-order chi connectivity index (χ0) is 21.8. The van der Waals surface area contributed by atoms with Crippen molar-refractivity contribution in [2.45, 2.75) is 38.0 Å². The predicted octanol–water partition coefficient (Wildman–Crippen LogP) is 3.71. The van der Waals surface area contributed by atoms with Crippen LogP contribution < -0.4 is 10.2 Å². The first-order chi connectivity index (χ1) is 14.9. The van der Waals surface area contributed by atoms with Crippen LogP contribution in [-0.4, -0.2) is 48.0 Å². The summed E-state index contributed by atoms with van der Waals surface area (Å²) in [5.74, 6) is 0.555. The third-order valence-corrected chi connectivity index (χ3v) is 6.13. The number of aromatic nitrogens is 1. The minimum atomic E-state index is -4.38. The van der Waals surface area contributed by atoms with Gasteiger partial charge in [-0.1, -0.05) is 30.3 Å². The van der Waals surface area contributed by atoms with Crippen molar-refractivity contribution in [3.63, 3.8) is 0 Å². The molecule has 5 nitrogen and oxygen atoms in total. The van der Waals surface area contributed by atoms with E-state index in [4.69, 9.17) is 0 Å². The van der Waals surface area contributed by atoms with E-state index < -0.39 is 11.7 Å². The number of rotatable bonds is 5. The van der Waals surface area contributed by atoms with Crippen LogP contribution in [0.1, 0.15) is 30.4 Å². The Labute approximate surface area is 180 Å². The first-order valence-corrected chi connectivity index (χ1v) is 10.7. The van der Waals surface area contributed by atoms with E-state index in [2.05, 4.69) is 27.3 Å². The Bertz CT molecular complexity index is 865.